The maximum atomic E-state index is 13.3. The summed E-state index contributed by atoms with van der Waals surface area (Å²) in [7, 11) is 0. The van der Waals surface area contributed by atoms with E-state index in [1.165, 1.54) is 0 Å². The van der Waals surface area contributed by atoms with Crippen molar-refractivity contribution in [1.82, 2.24) is 30.0 Å². The fourth-order valence-electron chi connectivity index (χ4n) is 4.35. The van der Waals surface area contributed by atoms with Gasteiger partial charge in [-0.25, -0.2) is 4.68 Å². The second-order valence-electron chi connectivity index (χ2n) is 8.46. The minimum absolute atomic E-state index is 0.123. The van der Waals surface area contributed by atoms with Crippen molar-refractivity contribution < 1.29 is 9.32 Å². The van der Waals surface area contributed by atoms with Crippen LogP contribution in [0.2, 0.25) is 0 Å². The molecule has 8 nitrogen and oxygen atoms in total. The largest absolute Gasteiger partial charge is 0.340 e. The number of benzene rings is 1. The Hall–Kier alpha value is -3.03. The molecule has 2 aliphatic carbocycles. The highest BCUT2D eigenvalue weighted by atomic mass is 16.5. The van der Waals surface area contributed by atoms with Gasteiger partial charge in [-0.15, -0.1) is 5.10 Å². The Morgan fingerprint density at radius 2 is 1.97 bits per heavy atom. The molecular weight excluding hydrogens is 368 g/mol. The van der Waals surface area contributed by atoms with E-state index in [0.717, 1.165) is 50.0 Å². The van der Waals surface area contributed by atoms with Gasteiger partial charge >= 0.3 is 0 Å². The first-order valence-corrected chi connectivity index (χ1v) is 10.3. The van der Waals surface area contributed by atoms with Crippen molar-refractivity contribution in [2.45, 2.75) is 49.5 Å². The van der Waals surface area contributed by atoms with E-state index >= 15 is 0 Å². The molecular formula is C21H22N6O2. The van der Waals surface area contributed by atoms with E-state index < -0.39 is 0 Å². The molecule has 1 aromatic carbocycles. The quantitative estimate of drug-likeness (QED) is 0.665. The van der Waals surface area contributed by atoms with E-state index in [0.29, 0.717) is 24.0 Å². The van der Waals surface area contributed by atoms with Gasteiger partial charge in [0.2, 0.25) is 5.91 Å². The molecule has 2 aromatic heterocycles. The van der Waals surface area contributed by atoms with Crippen LogP contribution in [0.15, 0.2) is 41.1 Å². The Bertz CT molecular complexity index is 1050. The highest BCUT2D eigenvalue weighted by Crippen LogP contribution is 2.50. The van der Waals surface area contributed by atoms with Gasteiger partial charge < -0.3 is 9.42 Å². The van der Waals surface area contributed by atoms with Gasteiger partial charge in [0.1, 0.15) is 0 Å². The fourth-order valence-corrected chi connectivity index (χ4v) is 4.35. The van der Waals surface area contributed by atoms with Crippen molar-refractivity contribution >= 4 is 5.91 Å². The van der Waals surface area contributed by atoms with Crippen LogP contribution in [0, 0.1) is 0 Å². The van der Waals surface area contributed by atoms with E-state index in [4.69, 9.17) is 4.52 Å². The van der Waals surface area contributed by atoms with Gasteiger partial charge in [0.25, 0.3) is 5.89 Å². The van der Waals surface area contributed by atoms with Gasteiger partial charge in [0.15, 0.2) is 11.5 Å². The lowest BCUT2D eigenvalue weighted by Crippen LogP contribution is -2.38. The predicted molar refractivity (Wildman–Crippen MR) is 103 cm³/mol. The third-order valence-electron chi connectivity index (χ3n) is 6.42. The van der Waals surface area contributed by atoms with Crippen LogP contribution in [-0.4, -0.2) is 49.0 Å². The second kappa shape index (κ2) is 6.23. The molecule has 1 unspecified atom stereocenters. The number of amides is 1. The zero-order valence-electron chi connectivity index (χ0n) is 16.1. The van der Waals surface area contributed by atoms with E-state index in [-0.39, 0.29) is 17.4 Å². The van der Waals surface area contributed by atoms with Crippen LogP contribution in [-0.2, 0) is 10.2 Å². The molecule has 3 fully saturated rings. The molecule has 29 heavy (non-hydrogen) atoms. The van der Waals surface area contributed by atoms with E-state index in [1.54, 1.807) is 0 Å². The molecule has 6 rings (SSSR count). The van der Waals surface area contributed by atoms with Crippen molar-refractivity contribution in [3.05, 3.63) is 47.9 Å². The van der Waals surface area contributed by atoms with Crippen LogP contribution in [0.4, 0.5) is 0 Å². The molecule has 2 saturated carbocycles. The molecule has 3 aromatic rings. The summed E-state index contributed by atoms with van der Waals surface area (Å²) >= 11 is 0. The number of aromatic nitrogens is 5. The average Bonchev–Trinajstić information content (AvgIpc) is 3.58. The van der Waals surface area contributed by atoms with Crippen LogP contribution in [0.3, 0.4) is 0 Å². The number of carbonyl (C=O) groups excluding carboxylic acids is 1. The summed E-state index contributed by atoms with van der Waals surface area (Å²) in [5, 5.41) is 12.5. The molecule has 0 N–H and O–H groups in total. The number of rotatable bonds is 5. The van der Waals surface area contributed by atoms with Gasteiger partial charge in [0, 0.05) is 19.0 Å². The number of carbonyl (C=O) groups is 1. The van der Waals surface area contributed by atoms with Crippen LogP contribution in [0.1, 0.15) is 55.5 Å². The highest BCUT2D eigenvalue weighted by molar-refractivity contribution is 5.91. The maximum absolute atomic E-state index is 13.3. The number of likely N-dealkylation sites (tertiary alicyclic amines) is 1. The Balaban J connectivity index is 1.16. The van der Waals surface area contributed by atoms with Crippen LogP contribution >= 0.6 is 0 Å². The lowest BCUT2D eigenvalue weighted by Gasteiger charge is -2.23. The molecule has 1 aliphatic heterocycles. The molecule has 148 valence electrons. The summed E-state index contributed by atoms with van der Waals surface area (Å²) in [6, 6.07) is 10.3. The maximum Gasteiger partial charge on any atom is 0.280 e. The Morgan fingerprint density at radius 1 is 1.14 bits per heavy atom. The first-order chi connectivity index (χ1) is 14.2. The van der Waals surface area contributed by atoms with E-state index in [9.17, 15) is 4.79 Å². The summed E-state index contributed by atoms with van der Waals surface area (Å²) in [6.45, 7) is 1.41. The summed E-state index contributed by atoms with van der Waals surface area (Å²) < 4.78 is 7.19. The van der Waals surface area contributed by atoms with Gasteiger partial charge in [-0.3, -0.25) is 4.79 Å². The number of nitrogens with zero attached hydrogens (tertiary/aromatic N) is 6. The van der Waals surface area contributed by atoms with Crippen molar-refractivity contribution in [1.29, 1.82) is 0 Å². The van der Waals surface area contributed by atoms with E-state index in [2.05, 4.69) is 32.6 Å². The monoisotopic (exact) mass is 390 g/mol. The normalized spacial score (nSPS) is 22.8. The SMILES string of the molecule is O=C(N1CCC(n2cc(-c3nc(C4CC4)no3)nn2)C1)C1(c2ccccc2)CC1. The third-order valence-corrected chi connectivity index (χ3v) is 6.42. The molecule has 1 saturated heterocycles. The van der Waals surface area contributed by atoms with Crippen molar-refractivity contribution in [2.24, 2.45) is 0 Å². The Morgan fingerprint density at radius 3 is 2.72 bits per heavy atom. The zero-order chi connectivity index (χ0) is 19.4. The summed E-state index contributed by atoms with van der Waals surface area (Å²) in [5.41, 5.74) is 1.42. The Labute approximate surface area is 167 Å². The number of hydrogen-bond acceptors (Lipinski definition) is 6. The molecule has 1 amide bonds. The second-order valence-corrected chi connectivity index (χ2v) is 8.46. The molecule has 0 radical (unpaired) electrons. The first-order valence-electron chi connectivity index (χ1n) is 10.3. The lowest BCUT2D eigenvalue weighted by molar-refractivity contribution is -0.133. The smallest absolute Gasteiger partial charge is 0.280 e. The van der Waals surface area contributed by atoms with E-state index in [1.807, 2.05) is 34.0 Å². The third kappa shape index (κ3) is 2.85. The highest BCUT2D eigenvalue weighted by Gasteiger charge is 2.53. The number of hydrogen-bond donors (Lipinski definition) is 0. The summed E-state index contributed by atoms with van der Waals surface area (Å²) in [5.74, 6) is 1.88. The molecule has 0 spiro atoms. The fraction of sp³-hybridized carbons (Fsp3) is 0.476. The lowest BCUT2D eigenvalue weighted by atomic mass is 9.94. The van der Waals surface area contributed by atoms with Crippen LogP contribution in [0.25, 0.3) is 11.6 Å². The molecule has 1 atom stereocenters. The minimum Gasteiger partial charge on any atom is -0.340 e. The van der Waals surface area contributed by atoms with Crippen LogP contribution < -0.4 is 0 Å². The average molecular weight is 390 g/mol. The van der Waals surface area contributed by atoms with Crippen molar-refractivity contribution in [3.8, 4) is 11.6 Å². The molecule has 3 aliphatic rings. The van der Waals surface area contributed by atoms with Crippen molar-refractivity contribution in [2.75, 3.05) is 13.1 Å². The topological polar surface area (TPSA) is 89.9 Å². The summed E-state index contributed by atoms with van der Waals surface area (Å²) in [6.07, 6.45) is 6.85. The summed E-state index contributed by atoms with van der Waals surface area (Å²) in [4.78, 5) is 19.7. The predicted octanol–water partition coefficient (Wildman–Crippen LogP) is 2.71. The molecule has 0 bridgehead atoms. The Kier molecular flexibility index (Phi) is 3.63. The molecule has 8 heteroatoms. The van der Waals surface area contributed by atoms with Crippen LogP contribution in [0.5, 0.6) is 0 Å². The van der Waals surface area contributed by atoms with Gasteiger partial charge in [-0.05, 0) is 37.7 Å². The minimum atomic E-state index is -0.313. The van der Waals surface area contributed by atoms with Crippen molar-refractivity contribution in [3.63, 3.8) is 0 Å². The standard InChI is InChI=1S/C21H22N6O2/c28-20(21(9-10-21)15-4-2-1-3-5-15)26-11-8-16(12-26)27-13-17(23-25-27)19-22-18(24-29-19)14-6-7-14/h1-5,13-14,16H,6-12H2. The van der Waals surface area contributed by atoms with Gasteiger partial charge in [0.05, 0.1) is 17.7 Å². The van der Waals surface area contributed by atoms with Gasteiger partial charge in [-0.2, -0.15) is 4.98 Å². The van der Waals surface area contributed by atoms with Gasteiger partial charge in [-0.1, -0.05) is 40.7 Å². The first kappa shape index (κ1) is 16.9. The zero-order valence-corrected chi connectivity index (χ0v) is 16.1. The molecule has 3 heterocycles.